The van der Waals surface area contributed by atoms with Crippen LogP contribution in [0.25, 0.3) is 0 Å². The molecular formula is C22H32O5. The Morgan fingerprint density at radius 1 is 1.30 bits per heavy atom. The van der Waals surface area contributed by atoms with Gasteiger partial charge in [-0.15, -0.1) is 0 Å². The second-order valence-corrected chi connectivity index (χ2v) is 7.97. The number of ether oxygens (including phenoxy) is 3. The van der Waals surface area contributed by atoms with Gasteiger partial charge in [-0.25, -0.2) is 0 Å². The predicted octanol–water partition coefficient (Wildman–Crippen LogP) is 4.78. The van der Waals surface area contributed by atoms with E-state index in [0.717, 1.165) is 50.7 Å². The molecule has 0 radical (unpaired) electrons. The maximum absolute atomic E-state index is 12.7. The minimum Gasteiger partial charge on any atom is -0.508 e. The Balaban J connectivity index is 1.55. The van der Waals surface area contributed by atoms with Crippen molar-refractivity contribution >= 4 is 5.78 Å². The first kappa shape index (κ1) is 20.2. The minimum absolute atomic E-state index is 0.0479. The van der Waals surface area contributed by atoms with E-state index in [1.807, 2.05) is 6.92 Å². The number of carbonyl (C=O) groups excluding carboxylic acids is 1. The van der Waals surface area contributed by atoms with Crippen LogP contribution >= 0.6 is 0 Å². The molecule has 5 nitrogen and oxygen atoms in total. The Morgan fingerprint density at radius 2 is 2.15 bits per heavy atom. The van der Waals surface area contributed by atoms with Crippen molar-refractivity contribution in [1.29, 1.82) is 0 Å². The molecule has 1 saturated heterocycles. The van der Waals surface area contributed by atoms with Crippen molar-refractivity contribution in [2.75, 3.05) is 13.2 Å². The fourth-order valence-corrected chi connectivity index (χ4v) is 3.96. The van der Waals surface area contributed by atoms with E-state index in [-0.39, 0.29) is 17.8 Å². The quantitative estimate of drug-likeness (QED) is 0.661. The maximum atomic E-state index is 12.7. The molecule has 150 valence electrons. The zero-order valence-corrected chi connectivity index (χ0v) is 16.6. The Kier molecular flexibility index (Phi) is 6.77. The molecule has 2 aliphatic rings. The van der Waals surface area contributed by atoms with Gasteiger partial charge in [-0.3, -0.25) is 4.79 Å². The molecule has 0 amide bonds. The number of benzene rings is 1. The van der Waals surface area contributed by atoms with Gasteiger partial charge in [0.1, 0.15) is 17.1 Å². The SMILES string of the molecule is CCCc1c(O)ccc2c1OC(C)(CCCCOC1CCCCO1)CC2=O. The largest absolute Gasteiger partial charge is 0.508 e. The summed E-state index contributed by atoms with van der Waals surface area (Å²) in [7, 11) is 0. The van der Waals surface area contributed by atoms with Crippen LogP contribution in [0.2, 0.25) is 0 Å². The number of aromatic hydroxyl groups is 1. The third-order valence-corrected chi connectivity index (χ3v) is 5.46. The highest BCUT2D eigenvalue weighted by Gasteiger charge is 2.37. The van der Waals surface area contributed by atoms with E-state index in [4.69, 9.17) is 14.2 Å². The summed E-state index contributed by atoms with van der Waals surface area (Å²) >= 11 is 0. The number of phenols is 1. The second kappa shape index (κ2) is 9.07. The van der Waals surface area contributed by atoms with Gasteiger partial charge in [0.05, 0.1) is 12.0 Å². The molecule has 5 heteroatoms. The van der Waals surface area contributed by atoms with E-state index >= 15 is 0 Å². The Morgan fingerprint density at radius 3 is 2.89 bits per heavy atom. The first-order valence-corrected chi connectivity index (χ1v) is 10.3. The summed E-state index contributed by atoms with van der Waals surface area (Å²) in [6.07, 6.45) is 7.83. The minimum atomic E-state index is -0.526. The highest BCUT2D eigenvalue weighted by molar-refractivity contribution is 6.01. The highest BCUT2D eigenvalue weighted by Crippen LogP contribution is 2.41. The zero-order chi connectivity index (χ0) is 19.3. The summed E-state index contributed by atoms with van der Waals surface area (Å²) in [5.41, 5.74) is 0.834. The molecule has 0 bridgehead atoms. The smallest absolute Gasteiger partial charge is 0.170 e. The van der Waals surface area contributed by atoms with Gasteiger partial charge in [0, 0.05) is 18.8 Å². The van der Waals surface area contributed by atoms with Crippen molar-refractivity contribution in [3.63, 3.8) is 0 Å². The van der Waals surface area contributed by atoms with Gasteiger partial charge in [-0.1, -0.05) is 13.3 Å². The lowest BCUT2D eigenvalue weighted by atomic mass is 9.86. The molecule has 1 N–H and O–H groups in total. The van der Waals surface area contributed by atoms with Crippen LogP contribution in [-0.4, -0.2) is 36.0 Å². The first-order valence-electron chi connectivity index (χ1n) is 10.3. The highest BCUT2D eigenvalue weighted by atomic mass is 16.7. The standard InChI is InChI=1S/C22H32O5/c1-3-8-16-18(23)11-10-17-19(24)15-22(2,27-21(16)17)12-5-7-14-26-20-9-4-6-13-25-20/h10-11,20,23H,3-9,12-15H2,1-2H3. The molecule has 3 rings (SSSR count). The third kappa shape index (κ3) is 5.02. The molecule has 1 fully saturated rings. The molecule has 0 aliphatic carbocycles. The fraction of sp³-hybridized carbons (Fsp3) is 0.682. The summed E-state index contributed by atoms with van der Waals surface area (Å²) < 4.78 is 17.7. The molecule has 0 aromatic heterocycles. The van der Waals surface area contributed by atoms with Crippen molar-refractivity contribution in [2.24, 2.45) is 0 Å². The van der Waals surface area contributed by atoms with Crippen LogP contribution in [0.5, 0.6) is 11.5 Å². The van der Waals surface area contributed by atoms with Gasteiger partial charge in [0.15, 0.2) is 12.1 Å². The van der Waals surface area contributed by atoms with Crippen molar-refractivity contribution in [1.82, 2.24) is 0 Å². The summed E-state index contributed by atoms with van der Waals surface area (Å²) in [5.74, 6) is 0.902. The number of phenolic OH excluding ortho intramolecular Hbond substituents is 1. The van der Waals surface area contributed by atoms with Gasteiger partial charge < -0.3 is 19.3 Å². The molecule has 2 unspecified atom stereocenters. The number of fused-ring (bicyclic) bond motifs is 1. The fourth-order valence-electron chi connectivity index (χ4n) is 3.96. The summed E-state index contributed by atoms with van der Waals surface area (Å²) in [6.45, 7) is 5.52. The number of Topliss-reactive ketones (excluding diaryl/α,β-unsaturated/α-hetero) is 1. The molecule has 1 aromatic carbocycles. The molecule has 2 aliphatic heterocycles. The van der Waals surface area contributed by atoms with Crippen LogP contribution in [0, 0.1) is 0 Å². The maximum Gasteiger partial charge on any atom is 0.170 e. The van der Waals surface area contributed by atoms with E-state index in [1.54, 1.807) is 12.1 Å². The summed E-state index contributed by atoms with van der Waals surface area (Å²) in [5, 5.41) is 10.2. The Bertz CT molecular complexity index is 650. The molecule has 2 atom stereocenters. The van der Waals surface area contributed by atoms with Crippen LogP contribution in [0.1, 0.15) is 81.1 Å². The van der Waals surface area contributed by atoms with Crippen LogP contribution < -0.4 is 4.74 Å². The number of ketones is 1. The summed E-state index contributed by atoms with van der Waals surface area (Å²) in [4.78, 5) is 12.7. The number of carbonyl (C=O) groups is 1. The Hall–Kier alpha value is -1.59. The van der Waals surface area contributed by atoms with Crippen molar-refractivity contribution in [3.05, 3.63) is 23.3 Å². The van der Waals surface area contributed by atoms with E-state index in [1.165, 1.54) is 6.42 Å². The van der Waals surface area contributed by atoms with Crippen LogP contribution in [0.3, 0.4) is 0 Å². The number of hydrogen-bond acceptors (Lipinski definition) is 5. The van der Waals surface area contributed by atoms with E-state index in [9.17, 15) is 9.90 Å². The molecule has 0 saturated carbocycles. The van der Waals surface area contributed by atoms with Gasteiger partial charge in [0.25, 0.3) is 0 Å². The normalized spacial score (nSPS) is 25.1. The lowest BCUT2D eigenvalue weighted by molar-refractivity contribution is -0.163. The van der Waals surface area contributed by atoms with Crippen molar-refractivity contribution in [3.8, 4) is 11.5 Å². The predicted molar refractivity (Wildman–Crippen MR) is 103 cm³/mol. The van der Waals surface area contributed by atoms with Crippen LogP contribution in [0.4, 0.5) is 0 Å². The van der Waals surface area contributed by atoms with Crippen LogP contribution in [-0.2, 0) is 15.9 Å². The molecule has 1 aromatic rings. The third-order valence-electron chi connectivity index (χ3n) is 5.46. The lowest BCUT2D eigenvalue weighted by Crippen LogP contribution is -2.39. The van der Waals surface area contributed by atoms with Gasteiger partial charge >= 0.3 is 0 Å². The van der Waals surface area contributed by atoms with Gasteiger partial charge in [-0.05, 0) is 64.0 Å². The van der Waals surface area contributed by atoms with Crippen molar-refractivity contribution in [2.45, 2.75) is 83.5 Å². The van der Waals surface area contributed by atoms with Crippen LogP contribution in [0.15, 0.2) is 12.1 Å². The number of unbranched alkanes of at least 4 members (excludes halogenated alkanes) is 1. The van der Waals surface area contributed by atoms with E-state index in [2.05, 4.69) is 6.92 Å². The average Bonchev–Trinajstić information content (AvgIpc) is 2.65. The topological polar surface area (TPSA) is 65.0 Å². The van der Waals surface area contributed by atoms with Gasteiger partial charge in [0.2, 0.25) is 0 Å². The van der Waals surface area contributed by atoms with Gasteiger partial charge in [-0.2, -0.15) is 0 Å². The molecule has 2 heterocycles. The zero-order valence-electron chi connectivity index (χ0n) is 16.6. The number of rotatable bonds is 8. The van der Waals surface area contributed by atoms with E-state index < -0.39 is 5.60 Å². The molecular weight excluding hydrogens is 344 g/mol. The van der Waals surface area contributed by atoms with Crippen molar-refractivity contribution < 1.29 is 24.1 Å². The number of hydrogen-bond donors (Lipinski definition) is 1. The monoisotopic (exact) mass is 376 g/mol. The first-order chi connectivity index (χ1) is 13.0. The average molecular weight is 376 g/mol. The molecule has 27 heavy (non-hydrogen) atoms. The lowest BCUT2D eigenvalue weighted by Gasteiger charge is -2.36. The summed E-state index contributed by atoms with van der Waals surface area (Å²) in [6, 6.07) is 3.29. The second-order valence-electron chi connectivity index (χ2n) is 7.97. The Labute approximate surface area is 162 Å². The van der Waals surface area contributed by atoms with E-state index in [0.29, 0.717) is 30.8 Å². The molecule has 0 spiro atoms.